The minimum absolute atomic E-state index is 0.142. The summed E-state index contributed by atoms with van der Waals surface area (Å²) in [5.41, 5.74) is 6.11. The Labute approximate surface area is 80.0 Å². The standard InChI is InChI=1S/C10H20N2O/c1-8-9(2-5-13-8)6-12-7-10(11)3-4-10/h8-9,12H,2-7,11H2,1H3. The number of nitrogens with one attached hydrogen (secondary N) is 1. The Bertz CT molecular complexity index is 180. The third kappa shape index (κ3) is 2.42. The topological polar surface area (TPSA) is 47.3 Å². The SMILES string of the molecule is CC1OCCC1CNCC1(N)CC1. The van der Waals surface area contributed by atoms with Crippen LogP contribution in [-0.4, -0.2) is 31.3 Å². The first-order valence-corrected chi connectivity index (χ1v) is 5.31. The summed E-state index contributed by atoms with van der Waals surface area (Å²) in [6, 6.07) is 0. The van der Waals surface area contributed by atoms with Crippen LogP contribution >= 0.6 is 0 Å². The second-order valence-corrected chi connectivity index (χ2v) is 4.62. The molecule has 13 heavy (non-hydrogen) atoms. The van der Waals surface area contributed by atoms with Crippen molar-refractivity contribution in [2.24, 2.45) is 11.7 Å². The van der Waals surface area contributed by atoms with Gasteiger partial charge in [0, 0.05) is 25.2 Å². The molecule has 2 aliphatic rings. The van der Waals surface area contributed by atoms with Crippen LogP contribution in [0.15, 0.2) is 0 Å². The summed E-state index contributed by atoms with van der Waals surface area (Å²) in [6.45, 7) is 5.15. The molecule has 2 fully saturated rings. The van der Waals surface area contributed by atoms with Crippen molar-refractivity contribution in [1.29, 1.82) is 0 Å². The van der Waals surface area contributed by atoms with E-state index in [9.17, 15) is 0 Å². The van der Waals surface area contributed by atoms with Gasteiger partial charge in [0.25, 0.3) is 0 Å². The molecule has 1 saturated carbocycles. The molecule has 0 bridgehead atoms. The van der Waals surface area contributed by atoms with Crippen LogP contribution in [-0.2, 0) is 4.74 Å². The fourth-order valence-corrected chi connectivity index (χ4v) is 1.89. The summed E-state index contributed by atoms with van der Waals surface area (Å²) in [5, 5.41) is 3.46. The molecule has 2 rings (SSSR count). The second kappa shape index (κ2) is 3.56. The van der Waals surface area contributed by atoms with Crippen molar-refractivity contribution in [1.82, 2.24) is 5.32 Å². The van der Waals surface area contributed by atoms with E-state index in [1.165, 1.54) is 19.3 Å². The molecular weight excluding hydrogens is 164 g/mol. The lowest BCUT2D eigenvalue weighted by molar-refractivity contribution is 0.105. The van der Waals surface area contributed by atoms with Gasteiger partial charge in [-0.1, -0.05) is 0 Å². The molecule has 0 aromatic heterocycles. The molecular formula is C10H20N2O. The van der Waals surface area contributed by atoms with Crippen LogP contribution in [0, 0.1) is 5.92 Å². The van der Waals surface area contributed by atoms with E-state index in [1.54, 1.807) is 0 Å². The maximum Gasteiger partial charge on any atom is 0.0588 e. The molecule has 0 amide bonds. The van der Waals surface area contributed by atoms with Gasteiger partial charge in [-0.3, -0.25) is 0 Å². The molecule has 0 aromatic carbocycles. The zero-order valence-electron chi connectivity index (χ0n) is 8.38. The van der Waals surface area contributed by atoms with Crippen molar-refractivity contribution in [2.75, 3.05) is 19.7 Å². The average molecular weight is 184 g/mol. The smallest absolute Gasteiger partial charge is 0.0588 e. The molecule has 2 atom stereocenters. The first-order chi connectivity index (χ1) is 6.20. The highest BCUT2D eigenvalue weighted by atomic mass is 16.5. The van der Waals surface area contributed by atoms with E-state index >= 15 is 0 Å². The third-order valence-electron chi connectivity index (χ3n) is 3.31. The lowest BCUT2D eigenvalue weighted by atomic mass is 10.0. The summed E-state index contributed by atoms with van der Waals surface area (Å²) < 4.78 is 5.49. The molecule has 3 N–H and O–H groups in total. The maximum absolute atomic E-state index is 5.97. The van der Waals surface area contributed by atoms with Gasteiger partial charge in [0.15, 0.2) is 0 Å². The number of rotatable bonds is 4. The molecule has 0 spiro atoms. The highest BCUT2D eigenvalue weighted by molar-refractivity contribution is 5.00. The number of ether oxygens (including phenoxy) is 1. The molecule has 1 saturated heterocycles. The lowest BCUT2D eigenvalue weighted by Gasteiger charge is -2.16. The Kier molecular flexibility index (Phi) is 2.58. The van der Waals surface area contributed by atoms with Gasteiger partial charge in [0.05, 0.1) is 6.10 Å². The maximum atomic E-state index is 5.97. The fraction of sp³-hybridized carbons (Fsp3) is 1.00. The molecule has 2 unspecified atom stereocenters. The van der Waals surface area contributed by atoms with Crippen LogP contribution in [0.5, 0.6) is 0 Å². The molecule has 1 aliphatic heterocycles. The Morgan fingerprint density at radius 2 is 2.31 bits per heavy atom. The average Bonchev–Trinajstić information content (AvgIpc) is 2.68. The van der Waals surface area contributed by atoms with Gasteiger partial charge < -0.3 is 15.8 Å². The first-order valence-electron chi connectivity index (χ1n) is 5.31. The van der Waals surface area contributed by atoms with Gasteiger partial charge in [-0.15, -0.1) is 0 Å². The van der Waals surface area contributed by atoms with Crippen LogP contribution in [0.3, 0.4) is 0 Å². The predicted octanol–water partition coefficient (Wildman–Crippen LogP) is 0.492. The summed E-state index contributed by atoms with van der Waals surface area (Å²) in [5.74, 6) is 0.697. The summed E-state index contributed by atoms with van der Waals surface area (Å²) >= 11 is 0. The summed E-state index contributed by atoms with van der Waals surface area (Å²) in [6.07, 6.45) is 4.01. The molecule has 3 nitrogen and oxygen atoms in total. The van der Waals surface area contributed by atoms with E-state index in [1.807, 2.05) is 0 Å². The predicted molar refractivity (Wildman–Crippen MR) is 52.5 cm³/mol. The number of hydrogen-bond donors (Lipinski definition) is 2. The van der Waals surface area contributed by atoms with E-state index in [2.05, 4.69) is 12.2 Å². The van der Waals surface area contributed by atoms with Crippen LogP contribution in [0.1, 0.15) is 26.2 Å². The monoisotopic (exact) mass is 184 g/mol. The van der Waals surface area contributed by atoms with E-state index in [-0.39, 0.29) is 5.54 Å². The van der Waals surface area contributed by atoms with E-state index in [4.69, 9.17) is 10.5 Å². The molecule has 1 aliphatic carbocycles. The minimum atomic E-state index is 0.142. The van der Waals surface area contributed by atoms with Crippen molar-refractivity contribution < 1.29 is 4.74 Å². The van der Waals surface area contributed by atoms with Crippen molar-refractivity contribution in [2.45, 2.75) is 37.8 Å². The van der Waals surface area contributed by atoms with Crippen molar-refractivity contribution in [3.63, 3.8) is 0 Å². The van der Waals surface area contributed by atoms with E-state index in [0.29, 0.717) is 12.0 Å². The van der Waals surface area contributed by atoms with Crippen LogP contribution in [0.4, 0.5) is 0 Å². The Balaban J connectivity index is 1.62. The fourth-order valence-electron chi connectivity index (χ4n) is 1.89. The number of hydrogen-bond acceptors (Lipinski definition) is 3. The Morgan fingerprint density at radius 1 is 1.54 bits per heavy atom. The largest absolute Gasteiger partial charge is 0.378 e. The van der Waals surface area contributed by atoms with E-state index in [0.717, 1.165) is 19.7 Å². The van der Waals surface area contributed by atoms with Crippen LogP contribution < -0.4 is 11.1 Å². The van der Waals surface area contributed by atoms with Crippen LogP contribution in [0.25, 0.3) is 0 Å². The van der Waals surface area contributed by atoms with Gasteiger partial charge in [0.1, 0.15) is 0 Å². The zero-order valence-corrected chi connectivity index (χ0v) is 8.38. The van der Waals surface area contributed by atoms with Gasteiger partial charge >= 0.3 is 0 Å². The van der Waals surface area contributed by atoms with Gasteiger partial charge in [-0.05, 0) is 32.1 Å². The van der Waals surface area contributed by atoms with E-state index < -0.39 is 0 Å². The summed E-state index contributed by atoms with van der Waals surface area (Å²) in [4.78, 5) is 0. The minimum Gasteiger partial charge on any atom is -0.378 e. The quantitative estimate of drug-likeness (QED) is 0.668. The molecule has 0 aromatic rings. The number of nitrogens with two attached hydrogens (primary N) is 1. The molecule has 1 heterocycles. The van der Waals surface area contributed by atoms with Gasteiger partial charge in [0.2, 0.25) is 0 Å². The Morgan fingerprint density at radius 3 is 2.85 bits per heavy atom. The molecule has 3 heteroatoms. The first kappa shape index (κ1) is 9.44. The zero-order chi connectivity index (χ0) is 9.31. The van der Waals surface area contributed by atoms with Crippen molar-refractivity contribution in [3.8, 4) is 0 Å². The Hall–Kier alpha value is -0.120. The molecule has 76 valence electrons. The highest BCUT2D eigenvalue weighted by Gasteiger charge is 2.37. The normalized spacial score (nSPS) is 36.5. The summed E-state index contributed by atoms with van der Waals surface area (Å²) in [7, 11) is 0. The molecule has 0 radical (unpaired) electrons. The second-order valence-electron chi connectivity index (χ2n) is 4.62. The van der Waals surface area contributed by atoms with Crippen LogP contribution in [0.2, 0.25) is 0 Å². The van der Waals surface area contributed by atoms with Gasteiger partial charge in [-0.25, -0.2) is 0 Å². The van der Waals surface area contributed by atoms with Crippen molar-refractivity contribution in [3.05, 3.63) is 0 Å². The highest BCUT2D eigenvalue weighted by Crippen LogP contribution is 2.31. The third-order valence-corrected chi connectivity index (χ3v) is 3.31. The lowest BCUT2D eigenvalue weighted by Crippen LogP contribution is -2.38. The van der Waals surface area contributed by atoms with Crippen molar-refractivity contribution >= 4 is 0 Å². The van der Waals surface area contributed by atoms with Gasteiger partial charge in [-0.2, -0.15) is 0 Å².